The molecule has 0 spiro atoms. The minimum absolute atomic E-state index is 0.0354. The fourth-order valence-corrected chi connectivity index (χ4v) is 3.53. The van der Waals surface area contributed by atoms with Crippen molar-refractivity contribution >= 4 is 11.7 Å². The van der Waals surface area contributed by atoms with E-state index in [0.717, 1.165) is 50.1 Å². The second-order valence-electron chi connectivity index (χ2n) is 7.25. The maximum Gasteiger partial charge on any atom is 0.232 e. The number of hydrogen-bond donors (Lipinski definition) is 1. The molecular formula is C23H28N4O2. The summed E-state index contributed by atoms with van der Waals surface area (Å²) in [6.45, 7) is 4.54. The van der Waals surface area contributed by atoms with Gasteiger partial charge in [0.15, 0.2) is 5.82 Å². The molecular weight excluding hydrogens is 364 g/mol. The topological polar surface area (TPSA) is 78.2 Å². The summed E-state index contributed by atoms with van der Waals surface area (Å²) < 4.78 is 5.70. The van der Waals surface area contributed by atoms with Crippen molar-refractivity contribution in [2.45, 2.75) is 45.1 Å². The number of nitrogens with zero attached hydrogens (tertiary/aromatic N) is 3. The number of rotatable bonds is 8. The molecule has 0 atom stereocenters. The van der Waals surface area contributed by atoms with Crippen molar-refractivity contribution in [2.24, 2.45) is 0 Å². The lowest BCUT2D eigenvalue weighted by molar-refractivity contribution is -0.118. The van der Waals surface area contributed by atoms with Gasteiger partial charge in [-0.25, -0.2) is 4.98 Å². The van der Waals surface area contributed by atoms with Crippen LogP contribution in [0, 0.1) is 11.3 Å². The van der Waals surface area contributed by atoms with Gasteiger partial charge in [-0.3, -0.25) is 9.69 Å². The Morgan fingerprint density at radius 2 is 2.03 bits per heavy atom. The van der Waals surface area contributed by atoms with E-state index in [2.05, 4.69) is 23.3 Å². The summed E-state index contributed by atoms with van der Waals surface area (Å²) in [5, 5.41) is 12.8. The number of carbonyl (C=O) groups is 1. The average molecular weight is 393 g/mol. The van der Waals surface area contributed by atoms with Gasteiger partial charge in [0.05, 0.1) is 18.6 Å². The first-order valence-electron chi connectivity index (χ1n) is 10.3. The number of benzene rings is 1. The average Bonchev–Trinajstić information content (AvgIpc) is 2.76. The van der Waals surface area contributed by atoms with Crippen LogP contribution in [0.1, 0.15) is 43.7 Å². The third-order valence-corrected chi connectivity index (χ3v) is 5.12. The number of nitrogens with one attached hydrogen (secondary N) is 1. The largest absolute Gasteiger partial charge is 0.494 e. The van der Waals surface area contributed by atoms with Gasteiger partial charge in [-0.15, -0.1) is 0 Å². The van der Waals surface area contributed by atoms with Gasteiger partial charge < -0.3 is 10.1 Å². The van der Waals surface area contributed by atoms with Crippen LogP contribution in [0.3, 0.4) is 0 Å². The van der Waals surface area contributed by atoms with E-state index in [9.17, 15) is 10.1 Å². The van der Waals surface area contributed by atoms with Crippen LogP contribution in [0.5, 0.6) is 5.75 Å². The molecule has 2 heterocycles. The molecule has 1 aromatic heterocycles. The number of hydrogen-bond acceptors (Lipinski definition) is 5. The van der Waals surface area contributed by atoms with Gasteiger partial charge in [0.25, 0.3) is 0 Å². The normalized spacial score (nSPS) is 14.2. The number of nitriles is 1. The molecule has 1 aromatic carbocycles. The first-order chi connectivity index (χ1) is 14.2. The number of unbranched alkanes of at least 4 members (excludes halogenated alkanes) is 1. The smallest absolute Gasteiger partial charge is 0.232 e. The highest BCUT2D eigenvalue weighted by molar-refractivity contribution is 5.95. The van der Waals surface area contributed by atoms with Gasteiger partial charge in [0.1, 0.15) is 11.8 Å². The monoisotopic (exact) mass is 392 g/mol. The number of ether oxygens (including phenoxy) is 1. The summed E-state index contributed by atoms with van der Waals surface area (Å²) in [6, 6.07) is 13.4. The summed E-state index contributed by atoms with van der Waals surface area (Å²) >= 11 is 0. The first kappa shape index (κ1) is 20.8. The van der Waals surface area contributed by atoms with Crippen molar-refractivity contribution in [2.75, 3.05) is 24.6 Å². The fraction of sp³-hybridized carbons (Fsp3) is 0.435. The maximum absolute atomic E-state index is 13.3. The van der Waals surface area contributed by atoms with Crippen LogP contribution in [-0.4, -0.2) is 36.6 Å². The minimum Gasteiger partial charge on any atom is -0.494 e. The van der Waals surface area contributed by atoms with Gasteiger partial charge in [-0.2, -0.15) is 5.26 Å². The Kier molecular flexibility index (Phi) is 7.60. The Morgan fingerprint density at radius 1 is 1.28 bits per heavy atom. The van der Waals surface area contributed by atoms with Crippen LogP contribution in [0.4, 0.5) is 5.82 Å². The molecule has 0 aliphatic carbocycles. The Balaban J connectivity index is 1.77. The molecule has 1 amide bonds. The molecule has 1 aliphatic rings. The Hall–Kier alpha value is -2.91. The molecule has 0 radical (unpaired) electrons. The summed E-state index contributed by atoms with van der Waals surface area (Å²) in [5.74, 6) is 1.25. The zero-order chi connectivity index (χ0) is 20.5. The zero-order valence-electron chi connectivity index (χ0n) is 16.9. The number of carbonyl (C=O) groups excluding carboxylic acids is 1. The Bertz CT molecular complexity index is 839. The summed E-state index contributed by atoms with van der Waals surface area (Å²) in [4.78, 5) is 19.4. The van der Waals surface area contributed by atoms with E-state index in [1.54, 1.807) is 23.2 Å². The van der Waals surface area contributed by atoms with Gasteiger partial charge in [-0.05, 0) is 62.2 Å². The zero-order valence-corrected chi connectivity index (χ0v) is 16.9. The van der Waals surface area contributed by atoms with Crippen molar-refractivity contribution in [3.63, 3.8) is 0 Å². The van der Waals surface area contributed by atoms with Crippen molar-refractivity contribution < 1.29 is 9.53 Å². The lowest BCUT2D eigenvalue weighted by Crippen LogP contribution is -2.47. The third-order valence-electron chi connectivity index (χ3n) is 5.12. The second kappa shape index (κ2) is 10.6. The molecule has 1 saturated heterocycles. The van der Waals surface area contributed by atoms with Crippen molar-refractivity contribution in [1.29, 1.82) is 5.26 Å². The predicted molar refractivity (Wildman–Crippen MR) is 113 cm³/mol. The van der Waals surface area contributed by atoms with Crippen LogP contribution in [0.25, 0.3) is 0 Å². The maximum atomic E-state index is 13.3. The molecule has 1 aliphatic heterocycles. The van der Waals surface area contributed by atoms with Crippen molar-refractivity contribution in [3.8, 4) is 11.8 Å². The highest BCUT2D eigenvalue weighted by Crippen LogP contribution is 2.25. The van der Waals surface area contributed by atoms with E-state index >= 15 is 0 Å². The van der Waals surface area contributed by atoms with Crippen LogP contribution in [-0.2, 0) is 11.2 Å². The van der Waals surface area contributed by atoms with Crippen LogP contribution >= 0.6 is 0 Å². The van der Waals surface area contributed by atoms with E-state index in [1.165, 1.54) is 0 Å². The molecule has 0 unspecified atom stereocenters. The van der Waals surface area contributed by atoms with E-state index in [0.29, 0.717) is 18.0 Å². The van der Waals surface area contributed by atoms with Crippen molar-refractivity contribution in [3.05, 3.63) is 53.7 Å². The van der Waals surface area contributed by atoms with E-state index in [1.807, 2.05) is 24.3 Å². The van der Waals surface area contributed by atoms with E-state index in [-0.39, 0.29) is 18.4 Å². The molecule has 6 nitrogen and oxygen atoms in total. The number of anilines is 1. The number of aromatic nitrogens is 1. The molecule has 1 N–H and O–H groups in total. The highest BCUT2D eigenvalue weighted by atomic mass is 16.5. The SMILES string of the molecule is CCCCOc1ccc(CC(=O)N(c2ncccc2C#N)C2CCNCC2)cc1. The van der Waals surface area contributed by atoms with Gasteiger partial charge in [-0.1, -0.05) is 25.5 Å². The Morgan fingerprint density at radius 3 is 2.72 bits per heavy atom. The fourth-order valence-electron chi connectivity index (χ4n) is 3.53. The first-order valence-corrected chi connectivity index (χ1v) is 10.3. The Labute approximate surface area is 172 Å². The van der Waals surface area contributed by atoms with Gasteiger partial charge in [0, 0.05) is 12.2 Å². The highest BCUT2D eigenvalue weighted by Gasteiger charge is 2.29. The van der Waals surface area contributed by atoms with Crippen LogP contribution in [0.15, 0.2) is 42.6 Å². The minimum atomic E-state index is -0.0354. The molecule has 1 fully saturated rings. The molecule has 152 valence electrons. The lowest BCUT2D eigenvalue weighted by Gasteiger charge is -2.34. The standard InChI is InChI=1S/C23H28N4O2/c1-2-3-15-29-21-8-6-18(7-9-21)16-22(28)27(20-10-13-25-14-11-20)23-19(17-24)5-4-12-26-23/h4-9,12,20,25H,2-3,10-11,13-16H2,1H3. The van der Waals surface area contributed by atoms with Gasteiger partial charge >= 0.3 is 0 Å². The van der Waals surface area contributed by atoms with E-state index in [4.69, 9.17) is 4.74 Å². The summed E-state index contributed by atoms with van der Waals surface area (Å²) in [7, 11) is 0. The molecule has 29 heavy (non-hydrogen) atoms. The van der Waals surface area contributed by atoms with Crippen molar-refractivity contribution in [1.82, 2.24) is 10.3 Å². The quantitative estimate of drug-likeness (QED) is 0.696. The van der Waals surface area contributed by atoms with Crippen LogP contribution < -0.4 is 15.0 Å². The van der Waals surface area contributed by atoms with Crippen LogP contribution in [0.2, 0.25) is 0 Å². The molecule has 0 bridgehead atoms. The summed E-state index contributed by atoms with van der Waals surface area (Å²) in [5.41, 5.74) is 1.35. The second-order valence-corrected chi connectivity index (χ2v) is 7.25. The predicted octanol–water partition coefficient (Wildman–Crippen LogP) is 3.46. The number of amides is 1. The molecule has 6 heteroatoms. The summed E-state index contributed by atoms with van der Waals surface area (Å²) in [6.07, 6.45) is 5.71. The molecule has 0 saturated carbocycles. The number of piperidine rings is 1. The van der Waals surface area contributed by atoms with Gasteiger partial charge in [0.2, 0.25) is 5.91 Å². The lowest BCUT2D eigenvalue weighted by atomic mass is 10.0. The molecule has 2 aromatic rings. The number of pyridine rings is 1. The van der Waals surface area contributed by atoms with E-state index < -0.39 is 0 Å². The third kappa shape index (κ3) is 5.55. The molecule has 3 rings (SSSR count).